The second-order valence-electron chi connectivity index (χ2n) is 5.18. The Bertz CT molecular complexity index is 675. The molecule has 0 saturated heterocycles. The van der Waals surface area contributed by atoms with Crippen LogP contribution in [0.5, 0.6) is 0 Å². The van der Waals surface area contributed by atoms with Crippen molar-refractivity contribution in [3.8, 4) is 6.07 Å². The maximum Gasteiger partial charge on any atom is 0.307 e. The van der Waals surface area contributed by atoms with Crippen LogP contribution in [-0.4, -0.2) is 35.3 Å². The van der Waals surface area contributed by atoms with Gasteiger partial charge in [-0.25, -0.2) is 0 Å². The van der Waals surface area contributed by atoms with Crippen LogP contribution in [-0.2, 0) is 9.53 Å². The number of nitrogens with zero attached hydrogens (tertiary/aromatic N) is 2. The predicted molar refractivity (Wildman–Crippen MR) is 76.9 cm³/mol. The number of rotatable bonds is 5. The smallest absolute Gasteiger partial charge is 0.307 e. The normalized spacial score (nSPS) is 14.5. The summed E-state index contributed by atoms with van der Waals surface area (Å²) in [7, 11) is 0. The Labute approximate surface area is 128 Å². The van der Waals surface area contributed by atoms with Crippen LogP contribution in [0.2, 0.25) is 0 Å². The van der Waals surface area contributed by atoms with Crippen molar-refractivity contribution in [1.82, 2.24) is 4.90 Å². The molecule has 1 aliphatic rings. The monoisotopic (exact) mass is 300 g/mol. The largest absolute Gasteiger partial charge is 0.447 e. The fourth-order valence-electron chi connectivity index (χ4n) is 2.27. The summed E-state index contributed by atoms with van der Waals surface area (Å²) in [4.78, 5) is 37.0. The maximum atomic E-state index is 12.2. The van der Waals surface area contributed by atoms with Crippen LogP contribution in [0.1, 0.15) is 46.0 Å². The molecule has 0 aromatic heterocycles. The number of ether oxygens (including phenoxy) is 1. The van der Waals surface area contributed by atoms with E-state index in [1.807, 2.05) is 6.92 Å². The average Bonchev–Trinajstić information content (AvgIpc) is 2.71. The highest BCUT2D eigenvalue weighted by molar-refractivity contribution is 6.21. The zero-order valence-electron chi connectivity index (χ0n) is 12.5. The zero-order chi connectivity index (χ0) is 16.3. The molecule has 0 saturated carbocycles. The summed E-state index contributed by atoms with van der Waals surface area (Å²) < 4.78 is 4.81. The third-order valence-corrected chi connectivity index (χ3v) is 3.38. The van der Waals surface area contributed by atoms with Gasteiger partial charge >= 0.3 is 5.97 Å². The van der Waals surface area contributed by atoms with E-state index in [0.717, 1.165) is 10.5 Å². The molecule has 114 valence electrons. The fourth-order valence-corrected chi connectivity index (χ4v) is 2.27. The summed E-state index contributed by atoms with van der Waals surface area (Å²) in [6, 6.07) is 6.92. The molecule has 6 nitrogen and oxygen atoms in total. The highest BCUT2D eigenvalue weighted by Gasteiger charge is 2.34. The van der Waals surface area contributed by atoms with E-state index in [-0.39, 0.29) is 24.8 Å². The molecular formula is C16H16N2O4. The van der Waals surface area contributed by atoms with Gasteiger partial charge in [-0.05, 0) is 32.4 Å². The van der Waals surface area contributed by atoms with Crippen molar-refractivity contribution in [2.45, 2.75) is 32.8 Å². The van der Waals surface area contributed by atoms with Crippen molar-refractivity contribution in [3.05, 3.63) is 34.9 Å². The third-order valence-electron chi connectivity index (χ3n) is 3.38. The zero-order valence-corrected chi connectivity index (χ0v) is 12.5. The standard InChI is InChI=1S/C16H16N2O4/c1-10-5-6-12-13(8-10)16(21)18(15(12)20)7-3-4-14(19)22-11(2)9-17/h5-6,8,11H,3-4,7H2,1-2H3. The molecule has 0 spiro atoms. The molecule has 1 unspecified atom stereocenters. The molecule has 0 radical (unpaired) electrons. The van der Waals surface area contributed by atoms with E-state index >= 15 is 0 Å². The minimum Gasteiger partial charge on any atom is -0.447 e. The maximum absolute atomic E-state index is 12.2. The number of imide groups is 1. The van der Waals surface area contributed by atoms with Gasteiger partial charge in [0.1, 0.15) is 6.07 Å². The molecule has 1 atom stereocenters. The van der Waals surface area contributed by atoms with Crippen LogP contribution in [0.15, 0.2) is 18.2 Å². The van der Waals surface area contributed by atoms with Crippen molar-refractivity contribution >= 4 is 17.8 Å². The Hall–Kier alpha value is -2.68. The number of benzene rings is 1. The lowest BCUT2D eigenvalue weighted by Gasteiger charge is -2.13. The van der Waals surface area contributed by atoms with E-state index in [1.54, 1.807) is 24.3 Å². The van der Waals surface area contributed by atoms with Gasteiger partial charge in [-0.3, -0.25) is 19.3 Å². The SMILES string of the molecule is Cc1ccc2c(c1)C(=O)N(CCCC(=O)OC(C)C#N)C2=O. The molecule has 0 aliphatic carbocycles. The molecule has 1 aromatic carbocycles. The Morgan fingerprint density at radius 2 is 2.00 bits per heavy atom. The quantitative estimate of drug-likeness (QED) is 0.611. The van der Waals surface area contributed by atoms with Crippen LogP contribution in [0, 0.1) is 18.3 Å². The lowest BCUT2D eigenvalue weighted by molar-refractivity contribution is -0.146. The average molecular weight is 300 g/mol. The van der Waals surface area contributed by atoms with Gasteiger partial charge in [0, 0.05) is 13.0 Å². The number of carbonyl (C=O) groups excluding carboxylic acids is 3. The Balaban J connectivity index is 1.93. The van der Waals surface area contributed by atoms with Crippen LogP contribution in [0.25, 0.3) is 0 Å². The van der Waals surface area contributed by atoms with Gasteiger partial charge in [-0.2, -0.15) is 5.26 Å². The summed E-state index contributed by atoms with van der Waals surface area (Å²) in [5.41, 5.74) is 1.72. The number of esters is 1. The van der Waals surface area contributed by atoms with E-state index in [0.29, 0.717) is 17.5 Å². The Kier molecular flexibility index (Phi) is 4.56. The lowest BCUT2D eigenvalue weighted by Crippen LogP contribution is -2.31. The summed E-state index contributed by atoms with van der Waals surface area (Å²) in [6.45, 7) is 3.49. The topological polar surface area (TPSA) is 87.5 Å². The third kappa shape index (κ3) is 3.14. The molecule has 6 heteroatoms. The molecule has 0 fully saturated rings. The molecular weight excluding hydrogens is 284 g/mol. The van der Waals surface area contributed by atoms with Gasteiger partial charge in [0.15, 0.2) is 6.10 Å². The van der Waals surface area contributed by atoms with Crippen molar-refractivity contribution in [2.24, 2.45) is 0 Å². The van der Waals surface area contributed by atoms with Gasteiger partial charge < -0.3 is 4.74 Å². The van der Waals surface area contributed by atoms with Gasteiger partial charge in [-0.15, -0.1) is 0 Å². The number of fused-ring (bicyclic) bond motifs is 1. The number of aryl methyl sites for hydroxylation is 1. The number of amides is 2. The summed E-state index contributed by atoms with van der Waals surface area (Å²) in [5.74, 6) is -1.18. The van der Waals surface area contributed by atoms with E-state index in [9.17, 15) is 14.4 Å². The molecule has 2 amide bonds. The number of hydrogen-bond donors (Lipinski definition) is 0. The predicted octanol–water partition coefficient (Wildman–Crippen LogP) is 1.83. The van der Waals surface area contributed by atoms with Crippen molar-refractivity contribution in [2.75, 3.05) is 6.54 Å². The summed E-state index contributed by atoms with van der Waals surface area (Å²) >= 11 is 0. The van der Waals surface area contributed by atoms with Gasteiger partial charge in [0.25, 0.3) is 11.8 Å². The molecule has 1 heterocycles. The van der Waals surface area contributed by atoms with Crippen molar-refractivity contribution < 1.29 is 19.1 Å². The number of carbonyl (C=O) groups is 3. The highest BCUT2D eigenvalue weighted by atomic mass is 16.5. The molecule has 22 heavy (non-hydrogen) atoms. The van der Waals surface area contributed by atoms with Crippen LogP contribution in [0.4, 0.5) is 0 Å². The second kappa shape index (κ2) is 6.39. The van der Waals surface area contributed by atoms with Crippen LogP contribution >= 0.6 is 0 Å². The van der Waals surface area contributed by atoms with Crippen LogP contribution < -0.4 is 0 Å². The Morgan fingerprint density at radius 3 is 2.68 bits per heavy atom. The summed E-state index contributed by atoms with van der Waals surface area (Å²) in [6.07, 6.45) is -0.436. The van der Waals surface area contributed by atoms with Gasteiger partial charge in [0.2, 0.25) is 0 Å². The van der Waals surface area contributed by atoms with Gasteiger partial charge in [-0.1, -0.05) is 11.6 Å². The van der Waals surface area contributed by atoms with E-state index in [1.165, 1.54) is 6.92 Å². The van der Waals surface area contributed by atoms with Gasteiger partial charge in [0.05, 0.1) is 11.1 Å². The highest BCUT2D eigenvalue weighted by Crippen LogP contribution is 2.24. The van der Waals surface area contributed by atoms with E-state index < -0.39 is 12.1 Å². The Morgan fingerprint density at radius 1 is 1.32 bits per heavy atom. The lowest BCUT2D eigenvalue weighted by atomic mass is 10.1. The van der Waals surface area contributed by atoms with Crippen molar-refractivity contribution in [3.63, 3.8) is 0 Å². The van der Waals surface area contributed by atoms with Crippen molar-refractivity contribution in [1.29, 1.82) is 5.26 Å². The van der Waals surface area contributed by atoms with Crippen LogP contribution in [0.3, 0.4) is 0 Å². The number of nitriles is 1. The first-order chi connectivity index (χ1) is 10.4. The van der Waals surface area contributed by atoms with E-state index in [2.05, 4.69) is 0 Å². The fraction of sp³-hybridized carbons (Fsp3) is 0.375. The minimum atomic E-state index is -0.796. The molecule has 1 aliphatic heterocycles. The first-order valence-corrected chi connectivity index (χ1v) is 7.00. The second-order valence-corrected chi connectivity index (χ2v) is 5.18. The van der Waals surface area contributed by atoms with E-state index in [4.69, 9.17) is 10.00 Å². The molecule has 1 aromatic rings. The molecule has 0 bridgehead atoms. The molecule has 0 N–H and O–H groups in total. The summed E-state index contributed by atoms with van der Waals surface area (Å²) in [5, 5.41) is 8.55. The number of hydrogen-bond acceptors (Lipinski definition) is 5. The molecule has 2 rings (SSSR count). The first-order valence-electron chi connectivity index (χ1n) is 7.00. The minimum absolute atomic E-state index is 0.0540. The first kappa shape index (κ1) is 15.7.